The summed E-state index contributed by atoms with van der Waals surface area (Å²) in [4.78, 5) is 26.6. The van der Waals surface area contributed by atoms with Gasteiger partial charge in [0.05, 0.1) is 5.56 Å². The van der Waals surface area contributed by atoms with Gasteiger partial charge in [-0.25, -0.2) is 8.78 Å². The normalized spacial score (nSPS) is 19.6. The predicted molar refractivity (Wildman–Crippen MR) is 95.0 cm³/mol. The summed E-state index contributed by atoms with van der Waals surface area (Å²) < 4.78 is 65.4. The summed E-state index contributed by atoms with van der Waals surface area (Å²) in [5.74, 6) is -5.31. The Kier molecular flexibility index (Phi) is 5.34. The molecule has 2 aromatic carbocycles. The lowest BCUT2D eigenvalue weighted by molar-refractivity contribution is -0.138. The number of anilines is 1. The number of benzene rings is 2. The molecule has 2 aromatic rings. The van der Waals surface area contributed by atoms with Crippen molar-refractivity contribution in [1.82, 2.24) is 4.90 Å². The predicted octanol–water partition coefficient (Wildman–Crippen LogP) is 4.10. The van der Waals surface area contributed by atoms with Crippen LogP contribution in [-0.2, 0) is 15.8 Å². The standard InChI is InChI=1S/C20H17F5N2O2/c1-10-15(8-7-14(21)17(10)22)26-18(28)16-13(9-27(2)19(16)29)11-3-5-12(6-4-11)20(23,24)25/h3-8,13,16H,9H2,1-2H3,(H,26,28)/t13-,16+/m0/s1. The number of likely N-dealkylation sites (tertiary alicyclic amines) is 1. The van der Waals surface area contributed by atoms with E-state index in [9.17, 15) is 31.5 Å². The van der Waals surface area contributed by atoms with E-state index in [1.807, 2.05) is 0 Å². The number of carbonyl (C=O) groups excluding carboxylic acids is 2. The fourth-order valence-corrected chi connectivity index (χ4v) is 3.41. The molecule has 0 spiro atoms. The first-order valence-corrected chi connectivity index (χ1v) is 8.68. The lowest BCUT2D eigenvalue weighted by Crippen LogP contribution is -2.33. The molecule has 1 aliphatic heterocycles. The van der Waals surface area contributed by atoms with Crippen molar-refractivity contribution in [2.24, 2.45) is 5.92 Å². The first-order chi connectivity index (χ1) is 13.5. The lowest BCUT2D eigenvalue weighted by atomic mass is 9.87. The van der Waals surface area contributed by atoms with Crippen LogP contribution < -0.4 is 5.32 Å². The van der Waals surface area contributed by atoms with Crippen molar-refractivity contribution < 1.29 is 31.5 Å². The van der Waals surface area contributed by atoms with Gasteiger partial charge in [-0.3, -0.25) is 9.59 Å². The number of rotatable bonds is 3. The van der Waals surface area contributed by atoms with Gasteiger partial charge in [-0.1, -0.05) is 12.1 Å². The maximum Gasteiger partial charge on any atom is 0.416 e. The molecule has 1 aliphatic rings. The Hall–Kier alpha value is -2.97. The summed E-state index contributed by atoms with van der Waals surface area (Å²) in [6.45, 7) is 1.42. The molecule has 9 heteroatoms. The molecular formula is C20H17F5N2O2. The van der Waals surface area contributed by atoms with Gasteiger partial charge in [-0.05, 0) is 36.8 Å². The number of hydrogen-bond acceptors (Lipinski definition) is 2. The Labute approximate surface area is 163 Å². The maximum atomic E-state index is 13.7. The van der Waals surface area contributed by atoms with Crippen molar-refractivity contribution in [3.8, 4) is 0 Å². The highest BCUT2D eigenvalue weighted by atomic mass is 19.4. The fraction of sp³-hybridized carbons (Fsp3) is 0.300. The van der Waals surface area contributed by atoms with Gasteiger partial charge >= 0.3 is 6.18 Å². The third-order valence-electron chi connectivity index (χ3n) is 5.06. The number of halogens is 5. The van der Waals surface area contributed by atoms with Crippen molar-refractivity contribution in [2.45, 2.75) is 19.0 Å². The summed E-state index contributed by atoms with van der Waals surface area (Å²) in [7, 11) is 1.48. The van der Waals surface area contributed by atoms with Gasteiger partial charge in [-0.15, -0.1) is 0 Å². The molecule has 0 unspecified atom stereocenters. The molecule has 0 bridgehead atoms. The Morgan fingerprint density at radius 1 is 1.10 bits per heavy atom. The van der Waals surface area contributed by atoms with Gasteiger partial charge in [0.15, 0.2) is 11.6 Å². The van der Waals surface area contributed by atoms with Crippen LogP contribution in [0, 0.1) is 24.5 Å². The number of alkyl halides is 3. The van der Waals surface area contributed by atoms with E-state index in [0.29, 0.717) is 5.56 Å². The van der Waals surface area contributed by atoms with Gasteiger partial charge < -0.3 is 10.2 Å². The highest BCUT2D eigenvalue weighted by Crippen LogP contribution is 2.36. The summed E-state index contributed by atoms with van der Waals surface area (Å²) in [6, 6.07) is 6.31. The number of carbonyl (C=O) groups is 2. The van der Waals surface area contributed by atoms with Crippen LogP contribution in [0.5, 0.6) is 0 Å². The molecule has 154 valence electrons. The molecule has 1 N–H and O–H groups in total. The third kappa shape index (κ3) is 3.94. The van der Waals surface area contributed by atoms with Crippen LogP contribution in [-0.4, -0.2) is 30.3 Å². The first-order valence-electron chi connectivity index (χ1n) is 8.68. The third-order valence-corrected chi connectivity index (χ3v) is 5.06. The molecule has 3 rings (SSSR count). The van der Waals surface area contributed by atoms with E-state index in [-0.39, 0.29) is 17.8 Å². The first kappa shape index (κ1) is 20.8. The second kappa shape index (κ2) is 7.46. The van der Waals surface area contributed by atoms with Gasteiger partial charge in [-0.2, -0.15) is 13.2 Å². The SMILES string of the molecule is Cc1c(NC(=O)[C@@H]2C(=O)N(C)C[C@H]2c2ccc(C(F)(F)F)cc2)ccc(F)c1F. The van der Waals surface area contributed by atoms with Crippen LogP contribution in [0.25, 0.3) is 0 Å². The molecule has 2 amide bonds. The number of likely N-dealkylation sites (N-methyl/N-ethyl adjacent to an activating group) is 1. The summed E-state index contributed by atoms with van der Waals surface area (Å²) in [6.07, 6.45) is -4.50. The Balaban J connectivity index is 1.88. The minimum absolute atomic E-state index is 0.0161. The van der Waals surface area contributed by atoms with E-state index in [1.165, 1.54) is 37.1 Å². The summed E-state index contributed by atoms with van der Waals surface area (Å²) >= 11 is 0. The van der Waals surface area contributed by atoms with Crippen LogP contribution >= 0.6 is 0 Å². The largest absolute Gasteiger partial charge is 0.416 e. The van der Waals surface area contributed by atoms with Gasteiger partial charge in [0, 0.05) is 30.8 Å². The average Bonchev–Trinajstić information content (AvgIpc) is 2.96. The number of amides is 2. The van der Waals surface area contributed by atoms with E-state index in [4.69, 9.17) is 0 Å². The van der Waals surface area contributed by atoms with Gasteiger partial charge in [0.1, 0.15) is 5.92 Å². The van der Waals surface area contributed by atoms with E-state index in [0.717, 1.165) is 18.2 Å². The quantitative estimate of drug-likeness (QED) is 0.610. The molecule has 0 aliphatic carbocycles. The van der Waals surface area contributed by atoms with Crippen LogP contribution in [0.1, 0.15) is 22.6 Å². The lowest BCUT2D eigenvalue weighted by Gasteiger charge is -2.18. The van der Waals surface area contributed by atoms with Crippen molar-refractivity contribution in [1.29, 1.82) is 0 Å². The highest BCUT2D eigenvalue weighted by Gasteiger charge is 2.44. The maximum absolute atomic E-state index is 13.7. The Bertz CT molecular complexity index is 957. The summed E-state index contributed by atoms with van der Waals surface area (Å²) in [5, 5.41) is 2.43. The van der Waals surface area contributed by atoms with E-state index < -0.39 is 47.0 Å². The molecule has 4 nitrogen and oxygen atoms in total. The monoisotopic (exact) mass is 412 g/mol. The second-order valence-electron chi connectivity index (χ2n) is 6.95. The molecule has 29 heavy (non-hydrogen) atoms. The molecule has 0 saturated carbocycles. The molecular weight excluding hydrogens is 395 g/mol. The van der Waals surface area contributed by atoms with Crippen LogP contribution in [0.2, 0.25) is 0 Å². The minimum atomic E-state index is -4.50. The molecule has 0 radical (unpaired) electrons. The highest BCUT2D eigenvalue weighted by molar-refractivity contribution is 6.08. The van der Waals surface area contributed by atoms with Crippen molar-refractivity contribution in [2.75, 3.05) is 18.9 Å². The van der Waals surface area contributed by atoms with Crippen LogP contribution in [0.3, 0.4) is 0 Å². The number of nitrogens with zero attached hydrogens (tertiary/aromatic N) is 1. The molecule has 2 atom stereocenters. The zero-order valence-electron chi connectivity index (χ0n) is 15.5. The smallest absolute Gasteiger partial charge is 0.344 e. The van der Waals surface area contributed by atoms with Gasteiger partial charge in [0.25, 0.3) is 0 Å². The van der Waals surface area contributed by atoms with Crippen LogP contribution in [0.15, 0.2) is 36.4 Å². The summed E-state index contributed by atoms with van der Waals surface area (Å²) in [5.41, 5.74) is -0.541. The van der Waals surface area contributed by atoms with E-state index in [1.54, 1.807) is 0 Å². The van der Waals surface area contributed by atoms with E-state index in [2.05, 4.69) is 5.32 Å². The molecule has 0 aromatic heterocycles. The van der Waals surface area contributed by atoms with Gasteiger partial charge in [0.2, 0.25) is 11.8 Å². The minimum Gasteiger partial charge on any atom is -0.344 e. The van der Waals surface area contributed by atoms with Crippen molar-refractivity contribution in [3.05, 3.63) is 64.7 Å². The second-order valence-corrected chi connectivity index (χ2v) is 6.95. The fourth-order valence-electron chi connectivity index (χ4n) is 3.41. The molecule has 1 heterocycles. The van der Waals surface area contributed by atoms with Crippen LogP contribution in [0.4, 0.5) is 27.6 Å². The van der Waals surface area contributed by atoms with Crippen molar-refractivity contribution in [3.63, 3.8) is 0 Å². The number of nitrogens with one attached hydrogen (secondary N) is 1. The average molecular weight is 412 g/mol. The zero-order chi connectivity index (χ0) is 21.5. The Morgan fingerprint density at radius 2 is 1.72 bits per heavy atom. The topological polar surface area (TPSA) is 49.4 Å². The Morgan fingerprint density at radius 3 is 2.31 bits per heavy atom. The molecule has 1 fully saturated rings. The molecule has 1 saturated heterocycles. The van der Waals surface area contributed by atoms with Crippen molar-refractivity contribution >= 4 is 17.5 Å². The number of hydrogen-bond donors (Lipinski definition) is 1. The van der Waals surface area contributed by atoms with E-state index >= 15 is 0 Å². The zero-order valence-corrected chi connectivity index (χ0v) is 15.5.